The number of hydrogen-bond acceptors (Lipinski definition) is 7. The smallest absolute Gasteiger partial charge is 0.417 e. The second kappa shape index (κ2) is 12.7. The van der Waals surface area contributed by atoms with Gasteiger partial charge in [0.05, 0.1) is 12.0 Å². The van der Waals surface area contributed by atoms with Crippen molar-refractivity contribution in [2.24, 2.45) is 0 Å². The zero-order valence-corrected chi connectivity index (χ0v) is 21.0. The zero-order chi connectivity index (χ0) is 27.6. The Hall–Kier alpha value is -5.38. The molecule has 4 aromatic rings. The van der Waals surface area contributed by atoms with Crippen LogP contribution in [-0.4, -0.2) is 24.2 Å². The average molecular weight is 528 g/mol. The van der Waals surface area contributed by atoms with Crippen molar-refractivity contribution >= 4 is 29.2 Å². The summed E-state index contributed by atoms with van der Waals surface area (Å²) in [6.45, 7) is 0. The minimum absolute atomic E-state index is 0.100. The van der Waals surface area contributed by atoms with Gasteiger partial charge in [0.1, 0.15) is 17.2 Å². The highest BCUT2D eigenvalue weighted by atomic mass is 16.6. The molecule has 0 bridgehead atoms. The molecule has 0 heterocycles. The normalized spacial score (nSPS) is 10.3. The van der Waals surface area contributed by atoms with Gasteiger partial charge in [-0.1, -0.05) is 36.4 Å². The SMILES string of the molecule is COc1ccc(OC(=O)Nc2ccccc2CCc2ccccc2NC(=O)Oc2ccc([N+](=O)[O-])cc2)cc1. The molecular formula is C29H25N3O7. The van der Waals surface area contributed by atoms with E-state index in [4.69, 9.17) is 14.2 Å². The molecule has 0 saturated heterocycles. The van der Waals surface area contributed by atoms with E-state index >= 15 is 0 Å². The Balaban J connectivity index is 1.37. The van der Waals surface area contributed by atoms with Gasteiger partial charge in [0.2, 0.25) is 0 Å². The molecule has 0 saturated carbocycles. The van der Waals surface area contributed by atoms with Crippen molar-refractivity contribution in [3.05, 3.63) is 118 Å². The largest absolute Gasteiger partial charge is 0.497 e. The van der Waals surface area contributed by atoms with Gasteiger partial charge in [0, 0.05) is 23.5 Å². The highest BCUT2D eigenvalue weighted by Crippen LogP contribution is 2.24. The molecule has 0 unspecified atom stereocenters. The summed E-state index contributed by atoms with van der Waals surface area (Å²) in [5, 5.41) is 16.3. The number of nitrogens with zero attached hydrogens (tertiary/aromatic N) is 1. The standard InChI is InChI=1S/C29H25N3O7/c1-37-23-16-18-25(19-17-23)39-29(34)31-27-9-5-3-7-21(27)11-10-20-6-2-4-8-26(20)30-28(33)38-24-14-12-22(13-15-24)32(35)36/h2-9,12-19H,10-11H2,1H3,(H,30,33)(H,31,34). The Labute approximate surface area is 224 Å². The first-order chi connectivity index (χ1) is 18.9. The summed E-state index contributed by atoms with van der Waals surface area (Å²) >= 11 is 0. The molecular weight excluding hydrogens is 502 g/mol. The molecule has 0 atom stereocenters. The maximum absolute atomic E-state index is 12.5. The summed E-state index contributed by atoms with van der Waals surface area (Å²) in [7, 11) is 1.56. The second-order valence-corrected chi connectivity index (χ2v) is 8.27. The third-order valence-corrected chi connectivity index (χ3v) is 5.70. The van der Waals surface area contributed by atoms with E-state index in [1.807, 2.05) is 30.3 Å². The van der Waals surface area contributed by atoms with Crippen LogP contribution in [0.2, 0.25) is 0 Å². The number of non-ortho nitro benzene ring substituents is 1. The van der Waals surface area contributed by atoms with Crippen molar-refractivity contribution in [3.63, 3.8) is 0 Å². The molecule has 10 heteroatoms. The third kappa shape index (κ3) is 7.56. The lowest BCUT2D eigenvalue weighted by atomic mass is 10.0. The van der Waals surface area contributed by atoms with Gasteiger partial charge in [-0.3, -0.25) is 20.7 Å². The highest BCUT2D eigenvalue weighted by molar-refractivity contribution is 5.88. The molecule has 10 nitrogen and oxygen atoms in total. The highest BCUT2D eigenvalue weighted by Gasteiger charge is 2.13. The number of amides is 2. The van der Waals surface area contributed by atoms with E-state index in [1.54, 1.807) is 49.6 Å². The Bertz CT molecular complexity index is 1450. The predicted molar refractivity (Wildman–Crippen MR) is 146 cm³/mol. The maximum Gasteiger partial charge on any atom is 0.417 e. The first-order valence-electron chi connectivity index (χ1n) is 11.9. The van der Waals surface area contributed by atoms with Gasteiger partial charge in [-0.25, -0.2) is 9.59 Å². The molecule has 39 heavy (non-hydrogen) atoms. The topological polar surface area (TPSA) is 129 Å². The Morgan fingerprint density at radius 3 is 1.51 bits per heavy atom. The molecule has 198 valence electrons. The fourth-order valence-electron chi connectivity index (χ4n) is 3.75. The molecule has 0 spiro atoms. The summed E-state index contributed by atoms with van der Waals surface area (Å²) < 4.78 is 15.7. The summed E-state index contributed by atoms with van der Waals surface area (Å²) in [4.78, 5) is 35.2. The molecule has 2 amide bonds. The first-order valence-corrected chi connectivity index (χ1v) is 11.9. The number of benzene rings is 4. The van der Waals surface area contributed by atoms with Crippen LogP contribution in [0.1, 0.15) is 11.1 Å². The maximum atomic E-state index is 12.5. The number of hydrogen-bond donors (Lipinski definition) is 2. The number of ether oxygens (including phenoxy) is 3. The van der Waals surface area contributed by atoms with Crippen molar-refractivity contribution < 1.29 is 28.7 Å². The number of nitrogens with one attached hydrogen (secondary N) is 2. The van der Waals surface area contributed by atoms with Crippen LogP contribution in [0.4, 0.5) is 26.7 Å². The average Bonchev–Trinajstić information content (AvgIpc) is 2.94. The van der Waals surface area contributed by atoms with E-state index in [1.165, 1.54) is 24.3 Å². The van der Waals surface area contributed by atoms with Gasteiger partial charge in [-0.05, 0) is 72.5 Å². The minimum Gasteiger partial charge on any atom is -0.497 e. The van der Waals surface area contributed by atoms with Gasteiger partial charge < -0.3 is 14.2 Å². The van der Waals surface area contributed by atoms with Crippen molar-refractivity contribution in [3.8, 4) is 17.2 Å². The molecule has 4 rings (SSSR count). The van der Waals surface area contributed by atoms with Crippen LogP contribution >= 0.6 is 0 Å². The van der Waals surface area contributed by atoms with Crippen LogP contribution in [-0.2, 0) is 12.8 Å². The van der Waals surface area contributed by atoms with Gasteiger partial charge in [-0.15, -0.1) is 0 Å². The Kier molecular flexibility index (Phi) is 8.71. The third-order valence-electron chi connectivity index (χ3n) is 5.70. The number of carbonyl (C=O) groups is 2. The molecule has 0 aliphatic heterocycles. The van der Waals surface area contributed by atoms with Crippen molar-refractivity contribution in [1.29, 1.82) is 0 Å². The summed E-state index contributed by atoms with van der Waals surface area (Å²) in [5.74, 6) is 1.21. The predicted octanol–water partition coefficient (Wildman–Crippen LogP) is 6.61. The van der Waals surface area contributed by atoms with Crippen LogP contribution in [0.25, 0.3) is 0 Å². The molecule has 0 aliphatic rings. The summed E-state index contributed by atoms with van der Waals surface area (Å²) in [5.41, 5.74) is 2.81. The van der Waals surface area contributed by atoms with E-state index in [2.05, 4.69) is 10.6 Å². The number of aryl methyl sites for hydroxylation is 2. The van der Waals surface area contributed by atoms with E-state index in [0.29, 0.717) is 35.7 Å². The van der Waals surface area contributed by atoms with Crippen LogP contribution < -0.4 is 24.8 Å². The van der Waals surface area contributed by atoms with Crippen molar-refractivity contribution in [1.82, 2.24) is 0 Å². The van der Waals surface area contributed by atoms with Gasteiger partial charge >= 0.3 is 12.2 Å². The number of methoxy groups -OCH3 is 1. The van der Waals surface area contributed by atoms with Crippen LogP contribution in [0.15, 0.2) is 97.1 Å². The quantitative estimate of drug-likeness (QED) is 0.185. The molecule has 2 N–H and O–H groups in total. The van der Waals surface area contributed by atoms with Gasteiger partial charge in [0.15, 0.2) is 0 Å². The van der Waals surface area contributed by atoms with Crippen molar-refractivity contribution in [2.45, 2.75) is 12.8 Å². The number of para-hydroxylation sites is 2. The van der Waals surface area contributed by atoms with Crippen molar-refractivity contribution in [2.75, 3.05) is 17.7 Å². The van der Waals surface area contributed by atoms with E-state index in [0.717, 1.165) is 11.1 Å². The lowest BCUT2D eigenvalue weighted by molar-refractivity contribution is -0.384. The summed E-state index contributed by atoms with van der Waals surface area (Å²) in [6.07, 6.45) is -0.224. The number of rotatable bonds is 9. The lowest BCUT2D eigenvalue weighted by Gasteiger charge is -2.14. The van der Waals surface area contributed by atoms with E-state index < -0.39 is 17.1 Å². The number of anilines is 2. The zero-order valence-electron chi connectivity index (χ0n) is 21.0. The van der Waals surface area contributed by atoms with E-state index in [-0.39, 0.29) is 11.4 Å². The number of nitro groups is 1. The summed E-state index contributed by atoms with van der Waals surface area (Å²) in [6, 6.07) is 26.6. The molecule has 4 aromatic carbocycles. The number of carbonyl (C=O) groups excluding carboxylic acids is 2. The Morgan fingerprint density at radius 2 is 1.08 bits per heavy atom. The fourth-order valence-corrected chi connectivity index (χ4v) is 3.75. The van der Waals surface area contributed by atoms with Crippen LogP contribution in [0.3, 0.4) is 0 Å². The Morgan fingerprint density at radius 1 is 0.667 bits per heavy atom. The van der Waals surface area contributed by atoms with Crippen LogP contribution in [0, 0.1) is 10.1 Å². The van der Waals surface area contributed by atoms with Crippen LogP contribution in [0.5, 0.6) is 17.2 Å². The molecule has 0 radical (unpaired) electrons. The first kappa shape index (κ1) is 26.7. The minimum atomic E-state index is -0.723. The fraction of sp³-hybridized carbons (Fsp3) is 0.103. The van der Waals surface area contributed by atoms with Gasteiger partial charge in [-0.2, -0.15) is 0 Å². The monoisotopic (exact) mass is 527 g/mol. The van der Waals surface area contributed by atoms with Gasteiger partial charge in [0.25, 0.3) is 5.69 Å². The molecule has 0 aromatic heterocycles. The second-order valence-electron chi connectivity index (χ2n) is 8.27. The van der Waals surface area contributed by atoms with E-state index in [9.17, 15) is 19.7 Å². The number of nitro benzene ring substituents is 1. The molecule has 0 fully saturated rings. The lowest BCUT2D eigenvalue weighted by Crippen LogP contribution is -2.18. The molecule has 0 aliphatic carbocycles.